The second-order valence-electron chi connectivity index (χ2n) is 7.46. The fourth-order valence-electron chi connectivity index (χ4n) is 3.44. The van der Waals surface area contributed by atoms with Gasteiger partial charge in [-0.3, -0.25) is 14.8 Å². The van der Waals surface area contributed by atoms with Crippen LogP contribution in [-0.2, 0) is 4.79 Å². The van der Waals surface area contributed by atoms with E-state index >= 15 is 0 Å². The minimum Gasteiger partial charge on any atom is -0.483 e. The Hall–Kier alpha value is -3.16. The zero-order valence-corrected chi connectivity index (χ0v) is 16.2. The van der Waals surface area contributed by atoms with E-state index in [1.807, 2.05) is 30.5 Å². The van der Waals surface area contributed by atoms with E-state index in [0.29, 0.717) is 5.69 Å². The third-order valence-electron chi connectivity index (χ3n) is 5.13. The summed E-state index contributed by atoms with van der Waals surface area (Å²) in [5.74, 6) is -0.0225. The van der Waals surface area contributed by atoms with Crippen molar-refractivity contribution in [2.24, 2.45) is 5.92 Å². The number of fused-ring (bicyclic) bond motifs is 1. The van der Waals surface area contributed by atoms with Crippen molar-refractivity contribution in [2.45, 2.75) is 31.5 Å². The van der Waals surface area contributed by atoms with Gasteiger partial charge in [0.25, 0.3) is 0 Å². The summed E-state index contributed by atoms with van der Waals surface area (Å²) in [4.78, 5) is 21.2. The molecule has 1 aromatic carbocycles. The number of nitrogens with one attached hydrogen (secondary N) is 1. The summed E-state index contributed by atoms with van der Waals surface area (Å²) in [5.41, 5.74) is 2.52. The molecule has 4 rings (SSSR count). The van der Waals surface area contributed by atoms with Crippen LogP contribution in [0.25, 0.3) is 10.9 Å². The number of amides is 1. The normalized spacial score (nSPS) is 19.3. The third kappa shape index (κ3) is 4.69. The number of aromatic nitrogens is 2. The number of benzene rings is 1. The highest BCUT2D eigenvalue weighted by Crippen LogP contribution is 2.48. The van der Waals surface area contributed by atoms with Crippen molar-refractivity contribution >= 4 is 16.8 Å². The lowest BCUT2D eigenvalue weighted by Crippen LogP contribution is -2.29. The van der Waals surface area contributed by atoms with Crippen LogP contribution in [0.4, 0.5) is 13.2 Å². The number of pyridine rings is 2. The molecule has 156 valence electrons. The van der Waals surface area contributed by atoms with Gasteiger partial charge >= 0.3 is 6.18 Å². The minimum absolute atomic E-state index is 0.0284. The Morgan fingerprint density at radius 3 is 2.73 bits per heavy atom. The lowest BCUT2D eigenvalue weighted by atomic mass is 10.1. The monoisotopic (exact) mass is 415 g/mol. The van der Waals surface area contributed by atoms with Crippen molar-refractivity contribution < 1.29 is 22.7 Å². The molecule has 2 aromatic heterocycles. The predicted octanol–water partition coefficient (Wildman–Crippen LogP) is 4.55. The predicted molar refractivity (Wildman–Crippen MR) is 105 cm³/mol. The van der Waals surface area contributed by atoms with E-state index < -0.39 is 12.8 Å². The first kappa shape index (κ1) is 20.1. The van der Waals surface area contributed by atoms with Gasteiger partial charge in [-0.05, 0) is 49.1 Å². The molecule has 0 aliphatic heterocycles. The van der Waals surface area contributed by atoms with Crippen LogP contribution >= 0.6 is 0 Å². The SMILES string of the molecule is C[C@@H](NC(=O)C1CC1c1cnc2ccccc2c1)c1ccc(OCC(F)(F)F)cn1. The van der Waals surface area contributed by atoms with Crippen molar-refractivity contribution in [1.29, 1.82) is 0 Å². The number of rotatable bonds is 6. The molecule has 3 atom stereocenters. The maximum atomic E-state index is 12.6. The molecule has 1 saturated carbocycles. The molecule has 1 N–H and O–H groups in total. The fraction of sp³-hybridized carbons (Fsp3) is 0.318. The number of ether oxygens (including phenoxy) is 1. The van der Waals surface area contributed by atoms with Gasteiger partial charge < -0.3 is 10.1 Å². The van der Waals surface area contributed by atoms with E-state index in [4.69, 9.17) is 0 Å². The van der Waals surface area contributed by atoms with Gasteiger partial charge in [0.2, 0.25) is 5.91 Å². The van der Waals surface area contributed by atoms with E-state index in [2.05, 4.69) is 26.1 Å². The largest absolute Gasteiger partial charge is 0.483 e. The van der Waals surface area contributed by atoms with E-state index in [1.54, 1.807) is 13.0 Å². The summed E-state index contributed by atoms with van der Waals surface area (Å²) in [6, 6.07) is 12.5. The lowest BCUT2D eigenvalue weighted by Gasteiger charge is -2.14. The highest BCUT2D eigenvalue weighted by Gasteiger charge is 2.44. The average Bonchev–Trinajstić information content (AvgIpc) is 3.53. The number of nitrogens with zero attached hydrogens (tertiary/aromatic N) is 2. The first-order chi connectivity index (χ1) is 14.3. The number of para-hydroxylation sites is 1. The molecule has 1 aliphatic carbocycles. The molecule has 0 bridgehead atoms. The van der Waals surface area contributed by atoms with Gasteiger partial charge in [0.05, 0.1) is 23.4 Å². The molecule has 0 saturated heterocycles. The molecule has 2 unspecified atom stereocenters. The first-order valence-corrected chi connectivity index (χ1v) is 9.61. The quantitative estimate of drug-likeness (QED) is 0.642. The fourth-order valence-corrected chi connectivity index (χ4v) is 3.44. The van der Waals surface area contributed by atoms with Crippen molar-refractivity contribution in [1.82, 2.24) is 15.3 Å². The van der Waals surface area contributed by atoms with E-state index in [9.17, 15) is 18.0 Å². The number of halogens is 3. The van der Waals surface area contributed by atoms with Crippen LogP contribution in [0.2, 0.25) is 0 Å². The van der Waals surface area contributed by atoms with Crippen LogP contribution in [0, 0.1) is 5.92 Å². The van der Waals surface area contributed by atoms with Gasteiger partial charge in [0, 0.05) is 17.5 Å². The molecule has 0 radical (unpaired) electrons. The van der Waals surface area contributed by atoms with Crippen LogP contribution in [0.15, 0.2) is 54.9 Å². The third-order valence-corrected chi connectivity index (χ3v) is 5.13. The molecule has 1 fully saturated rings. The van der Waals surface area contributed by atoms with Crippen molar-refractivity contribution in [2.75, 3.05) is 6.61 Å². The van der Waals surface area contributed by atoms with Gasteiger partial charge in [-0.2, -0.15) is 13.2 Å². The molecule has 0 spiro atoms. The molecule has 2 heterocycles. The van der Waals surface area contributed by atoms with Crippen molar-refractivity contribution in [3.8, 4) is 5.75 Å². The smallest absolute Gasteiger partial charge is 0.422 e. The highest BCUT2D eigenvalue weighted by molar-refractivity contribution is 5.84. The maximum Gasteiger partial charge on any atom is 0.422 e. The molecule has 5 nitrogen and oxygen atoms in total. The summed E-state index contributed by atoms with van der Waals surface area (Å²) in [6.45, 7) is 0.415. The standard InChI is InChI=1S/C22H20F3N3O2/c1-13(19-7-6-16(11-27-19)30-12-22(23,24)25)28-21(29)18-9-17(18)15-8-14-4-2-3-5-20(14)26-10-15/h2-8,10-11,13,17-18H,9,12H2,1H3,(H,28,29)/t13-,17?,18?/m1/s1. The Balaban J connectivity index is 1.33. The summed E-state index contributed by atoms with van der Waals surface area (Å²) in [7, 11) is 0. The van der Waals surface area contributed by atoms with E-state index in [1.165, 1.54) is 12.3 Å². The Labute approximate surface area is 171 Å². The summed E-state index contributed by atoms with van der Waals surface area (Å²) in [6.07, 6.45) is -0.590. The van der Waals surface area contributed by atoms with Crippen molar-refractivity contribution in [3.63, 3.8) is 0 Å². The Kier molecular flexibility index (Phi) is 5.32. The number of alkyl halides is 3. The summed E-state index contributed by atoms with van der Waals surface area (Å²) >= 11 is 0. The van der Waals surface area contributed by atoms with E-state index in [-0.39, 0.29) is 29.5 Å². The molecule has 30 heavy (non-hydrogen) atoms. The molecule has 8 heteroatoms. The summed E-state index contributed by atoms with van der Waals surface area (Å²) in [5, 5.41) is 3.98. The zero-order chi connectivity index (χ0) is 21.3. The summed E-state index contributed by atoms with van der Waals surface area (Å²) < 4.78 is 41.3. The topological polar surface area (TPSA) is 64.1 Å². The highest BCUT2D eigenvalue weighted by atomic mass is 19.4. The minimum atomic E-state index is -4.40. The number of carbonyl (C=O) groups is 1. The van der Waals surface area contributed by atoms with Crippen LogP contribution in [-0.4, -0.2) is 28.7 Å². The van der Waals surface area contributed by atoms with Crippen LogP contribution < -0.4 is 10.1 Å². The van der Waals surface area contributed by atoms with Crippen LogP contribution in [0.1, 0.15) is 36.6 Å². The van der Waals surface area contributed by atoms with Gasteiger partial charge in [-0.1, -0.05) is 18.2 Å². The number of carbonyl (C=O) groups excluding carboxylic acids is 1. The van der Waals surface area contributed by atoms with Crippen molar-refractivity contribution in [3.05, 3.63) is 66.1 Å². The van der Waals surface area contributed by atoms with Gasteiger partial charge in [0.15, 0.2) is 6.61 Å². The van der Waals surface area contributed by atoms with E-state index in [0.717, 1.165) is 22.9 Å². The first-order valence-electron chi connectivity index (χ1n) is 9.61. The van der Waals surface area contributed by atoms with Crippen LogP contribution in [0.3, 0.4) is 0 Å². The zero-order valence-electron chi connectivity index (χ0n) is 16.2. The second kappa shape index (κ2) is 7.93. The molecule has 1 amide bonds. The average molecular weight is 415 g/mol. The molecule has 1 aliphatic rings. The maximum absolute atomic E-state index is 12.6. The number of hydrogen-bond acceptors (Lipinski definition) is 4. The Morgan fingerprint density at radius 1 is 1.20 bits per heavy atom. The lowest BCUT2D eigenvalue weighted by molar-refractivity contribution is -0.153. The van der Waals surface area contributed by atoms with Gasteiger partial charge in [-0.15, -0.1) is 0 Å². The van der Waals surface area contributed by atoms with Gasteiger partial charge in [0.1, 0.15) is 5.75 Å². The second-order valence-corrected chi connectivity index (χ2v) is 7.46. The van der Waals surface area contributed by atoms with Gasteiger partial charge in [-0.25, -0.2) is 0 Å². The Morgan fingerprint density at radius 2 is 2.00 bits per heavy atom. The molecular weight excluding hydrogens is 395 g/mol. The molecular formula is C22H20F3N3O2. The number of hydrogen-bond donors (Lipinski definition) is 1. The van der Waals surface area contributed by atoms with Crippen LogP contribution in [0.5, 0.6) is 5.75 Å². The Bertz CT molecular complexity index is 1050. The molecule has 3 aromatic rings.